The molecule has 21 heavy (non-hydrogen) atoms. The largest absolute Gasteiger partial charge is 0.482 e. The van der Waals surface area contributed by atoms with Crippen molar-refractivity contribution < 1.29 is 22.3 Å². The zero-order valence-electron chi connectivity index (χ0n) is 11.7. The van der Waals surface area contributed by atoms with Gasteiger partial charge in [-0.25, -0.2) is 17.9 Å². The minimum absolute atomic E-state index is 0.00367. The third-order valence-electron chi connectivity index (χ3n) is 2.17. The second-order valence-corrected chi connectivity index (χ2v) is 7.73. The van der Waals surface area contributed by atoms with Crippen molar-refractivity contribution in [1.82, 2.24) is 5.32 Å². The molecule has 1 aromatic rings. The van der Waals surface area contributed by atoms with Crippen LogP contribution in [0.25, 0.3) is 0 Å². The molecule has 0 saturated carbocycles. The predicted molar refractivity (Wildman–Crippen MR) is 78.9 cm³/mol. The van der Waals surface area contributed by atoms with E-state index in [2.05, 4.69) is 21.2 Å². The lowest BCUT2D eigenvalue weighted by Crippen LogP contribution is -2.43. The summed E-state index contributed by atoms with van der Waals surface area (Å²) in [5.41, 5.74) is -0.416. The molecule has 0 radical (unpaired) electrons. The highest BCUT2D eigenvalue weighted by Gasteiger charge is 2.19. The van der Waals surface area contributed by atoms with Crippen LogP contribution in [0, 0.1) is 5.82 Å². The average Bonchev–Trinajstić information content (AvgIpc) is 2.26. The fourth-order valence-electron chi connectivity index (χ4n) is 1.44. The molecule has 0 unspecified atom stereocenters. The van der Waals surface area contributed by atoms with E-state index in [1.165, 1.54) is 0 Å². The van der Waals surface area contributed by atoms with E-state index < -0.39 is 26.3 Å². The normalized spacial score (nSPS) is 12.1. The summed E-state index contributed by atoms with van der Waals surface area (Å²) in [6.45, 7) is 5.09. The summed E-state index contributed by atoms with van der Waals surface area (Å²) >= 11 is 3.04. The van der Waals surface area contributed by atoms with E-state index in [-0.39, 0.29) is 22.7 Å². The fraction of sp³-hybridized carbons (Fsp3) is 0.417. The topological polar surface area (TPSA) is 98.5 Å². The Morgan fingerprint density at radius 3 is 2.48 bits per heavy atom. The maximum absolute atomic E-state index is 13.7. The Bertz CT molecular complexity index is 656. The summed E-state index contributed by atoms with van der Waals surface area (Å²) in [5, 5.41) is 7.54. The first-order valence-electron chi connectivity index (χ1n) is 5.86. The summed E-state index contributed by atoms with van der Waals surface area (Å²) in [6, 6.07) is 1.84. The van der Waals surface area contributed by atoms with Crippen LogP contribution in [0.4, 0.5) is 4.39 Å². The molecule has 1 aromatic carbocycles. The van der Waals surface area contributed by atoms with Crippen molar-refractivity contribution in [2.24, 2.45) is 5.14 Å². The lowest BCUT2D eigenvalue weighted by atomic mass is 10.1. The van der Waals surface area contributed by atoms with Crippen molar-refractivity contribution in [1.29, 1.82) is 0 Å². The Morgan fingerprint density at radius 1 is 1.43 bits per heavy atom. The Morgan fingerprint density at radius 2 is 2.00 bits per heavy atom. The summed E-state index contributed by atoms with van der Waals surface area (Å²) in [7, 11) is -4.17. The molecular weight excluding hydrogens is 367 g/mol. The molecule has 9 heteroatoms. The van der Waals surface area contributed by atoms with E-state index in [1.54, 1.807) is 20.8 Å². The minimum Gasteiger partial charge on any atom is -0.482 e. The van der Waals surface area contributed by atoms with Crippen molar-refractivity contribution >= 4 is 31.9 Å². The number of sulfonamides is 1. The van der Waals surface area contributed by atoms with Crippen LogP contribution in [0.2, 0.25) is 0 Å². The highest BCUT2D eigenvalue weighted by molar-refractivity contribution is 9.10. The molecule has 0 atom stereocenters. The third kappa shape index (κ3) is 5.60. The number of carbonyl (C=O) groups is 1. The quantitative estimate of drug-likeness (QED) is 0.824. The number of primary sulfonamides is 1. The van der Waals surface area contributed by atoms with Crippen LogP contribution in [0.3, 0.4) is 0 Å². The number of nitrogens with one attached hydrogen (secondary N) is 1. The van der Waals surface area contributed by atoms with Crippen molar-refractivity contribution in [3.63, 3.8) is 0 Å². The van der Waals surface area contributed by atoms with Crippen LogP contribution in [0.15, 0.2) is 21.5 Å². The number of hydrogen-bond acceptors (Lipinski definition) is 4. The lowest BCUT2D eigenvalue weighted by Gasteiger charge is -2.20. The number of carbonyl (C=O) groups excluding carboxylic acids is 1. The first kappa shape index (κ1) is 17.9. The first-order valence-corrected chi connectivity index (χ1v) is 8.20. The molecule has 118 valence electrons. The smallest absolute Gasteiger partial charge is 0.258 e. The molecule has 0 aliphatic rings. The van der Waals surface area contributed by atoms with Crippen LogP contribution in [0.5, 0.6) is 5.75 Å². The van der Waals surface area contributed by atoms with Crippen LogP contribution in [0.1, 0.15) is 20.8 Å². The van der Waals surface area contributed by atoms with Gasteiger partial charge < -0.3 is 10.1 Å². The highest BCUT2D eigenvalue weighted by atomic mass is 79.9. The summed E-state index contributed by atoms with van der Waals surface area (Å²) in [6.07, 6.45) is 0. The highest BCUT2D eigenvalue weighted by Crippen LogP contribution is 2.29. The zero-order chi connectivity index (χ0) is 16.4. The second-order valence-electron chi connectivity index (χ2n) is 5.34. The maximum atomic E-state index is 13.7. The van der Waals surface area contributed by atoms with Gasteiger partial charge in [0.15, 0.2) is 6.61 Å². The number of amides is 1. The zero-order valence-corrected chi connectivity index (χ0v) is 14.1. The van der Waals surface area contributed by atoms with Gasteiger partial charge in [-0.2, -0.15) is 0 Å². The molecule has 0 aliphatic heterocycles. The Hall–Kier alpha value is -1.19. The summed E-state index contributed by atoms with van der Waals surface area (Å²) in [5.74, 6) is -1.43. The molecular formula is C12H16BrFN2O4S. The van der Waals surface area contributed by atoms with Crippen LogP contribution in [-0.2, 0) is 14.8 Å². The second kappa shape index (κ2) is 6.29. The van der Waals surface area contributed by atoms with Crippen molar-refractivity contribution in [2.75, 3.05) is 6.61 Å². The van der Waals surface area contributed by atoms with Gasteiger partial charge in [-0.3, -0.25) is 4.79 Å². The van der Waals surface area contributed by atoms with Gasteiger partial charge >= 0.3 is 0 Å². The summed E-state index contributed by atoms with van der Waals surface area (Å²) in [4.78, 5) is 10.9. The van der Waals surface area contributed by atoms with Gasteiger partial charge in [0.2, 0.25) is 10.0 Å². The molecule has 1 rings (SSSR count). The molecule has 0 fully saturated rings. The monoisotopic (exact) mass is 382 g/mol. The predicted octanol–water partition coefficient (Wildman–Crippen LogP) is 1.53. The number of ether oxygens (including phenoxy) is 1. The third-order valence-corrected chi connectivity index (χ3v) is 3.71. The molecule has 0 saturated heterocycles. The minimum atomic E-state index is -4.17. The van der Waals surface area contributed by atoms with Gasteiger partial charge in [-0.05, 0) is 42.8 Å². The van der Waals surface area contributed by atoms with Crippen molar-refractivity contribution in [3.8, 4) is 5.75 Å². The Kier molecular flexibility index (Phi) is 5.35. The molecule has 0 heterocycles. The number of nitrogens with two attached hydrogens (primary N) is 1. The van der Waals surface area contributed by atoms with E-state index in [9.17, 15) is 17.6 Å². The standard InChI is InChI=1S/C12H16BrFN2O4S/c1-12(2,3)16-11(17)6-20-9-5-8(14)10(4-7(9)13)21(15,18)19/h4-5H,6H2,1-3H3,(H,16,17)(H2,15,18,19). The molecule has 3 N–H and O–H groups in total. The number of halogens is 2. The van der Waals surface area contributed by atoms with Gasteiger partial charge in [-0.15, -0.1) is 0 Å². The lowest BCUT2D eigenvalue weighted by molar-refractivity contribution is -0.124. The van der Waals surface area contributed by atoms with E-state index in [1.807, 2.05) is 0 Å². The van der Waals surface area contributed by atoms with Crippen LogP contribution >= 0.6 is 15.9 Å². The van der Waals surface area contributed by atoms with Gasteiger partial charge in [0.25, 0.3) is 5.91 Å². The van der Waals surface area contributed by atoms with Gasteiger partial charge in [-0.1, -0.05) is 0 Å². The molecule has 1 amide bonds. The van der Waals surface area contributed by atoms with Crippen molar-refractivity contribution in [3.05, 3.63) is 22.4 Å². The molecule has 6 nitrogen and oxygen atoms in total. The summed E-state index contributed by atoms with van der Waals surface area (Å²) < 4.78 is 41.3. The molecule has 0 aromatic heterocycles. The average molecular weight is 383 g/mol. The molecule has 0 spiro atoms. The molecule has 0 aliphatic carbocycles. The van der Waals surface area contributed by atoms with Crippen LogP contribution < -0.4 is 15.2 Å². The van der Waals surface area contributed by atoms with E-state index in [4.69, 9.17) is 9.88 Å². The Labute approximate surface area is 131 Å². The van der Waals surface area contributed by atoms with E-state index >= 15 is 0 Å². The molecule has 0 bridgehead atoms. The number of benzene rings is 1. The SMILES string of the molecule is CC(C)(C)NC(=O)COc1cc(F)c(S(N)(=O)=O)cc1Br. The number of rotatable bonds is 4. The maximum Gasteiger partial charge on any atom is 0.258 e. The fourth-order valence-corrected chi connectivity index (χ4v) is 2.66. The number of hydrogen-bond donors (Lipinski definition) is 2. The van der Waals surface area contributed by atoms with Gasteiger partial charge in [0, 0.05) is 11.6 Å². The van der Waals surface area contributed by atoms with Gasteiger partial charge in [0.05, 0.1) is 4.47 Å². The van der Waals surface area contributed by atoms with Crippen molar-refractivity contribution in [2.45, 2.75) is 31.2 Å². The van der Waals surface area contributed by atoms with E-state index in [0.29, 0.717) is 0 Å². The van der Waals surface area contributed by atoms with E-state index in [0.717, 1.165) is 12.1 Å². The van der Waals surface area contributed by atoms with Crippen LogP contribution in [-0.4, -0.2) is 26.5 Å². The first-order chi connectivity index (χ1) is 9.40. The van der Waals surface area contributed by atoms with Gasteiger partial charge in [0.1, 0.15) is 16.5 Å². The Balaban J connectivity index is 2.87.